The molecule has 0 bridgehead atoms. The van der Waals surface area contributed by atoms with Gasteiger partial charge in [-0.15, -0.1) is 11.3 Å². The third kappa shape index (κ3) is 4.41. The van der Waals surface area contributed by atoms with Gasteiger partial charge < -0.3 is 10.2 Å². The molecule has 8 heteroatoms. The highest BCUT2D eigenvalue weighted by Gasteiger charge is 2.34. The molecule has 3 aromatic rings. The number of benzene rings is 1. The van der Waals surface area contributed by atoms with E-state index in [4.69, 9.17) is 0 Å². The van der Waals surface area contributed by atoms with Gasteiger partial charge in [0.25, 0.3) is 5.56 Å². The molecular weight excluding hydrogens is 415 g/mol. The minimum atomic E-state index is -0.330. The zero-order valence-corrected chi connectivity index (χ0v) is 18.7. The zero-order chi connectivity index (χ0) is 22.0. The molecule has 2 heterocycles. The summed E-state index contributed by atoms with van der Waals surface area (Å²) in [6.45, 7) is 0.493. The van der Waals surface area contributed by atoms with Crippen molar-refractivity contribution in [3.05, 3.63) is 52.1 Å². The van der Waals surface area contributed by atoms with Crippen LogP contribution in [0.4, 0.5) is 4.39 Å². The summed E-state index contributed by atoms with van der Waals surface area (Å²) in [4.78, 5) is 33.0. The lowest BCUT2D eigenvalue weighted by Gasteiger charge is -2.43. The minimum Gasteiger partial charge on any atom is -0.353 e. The maximum Gasteiger partial charge on any atom is 0.263 e. The van der Waals surface area contributed by atoms with E-state index in [0.29, 0.717) is 22.3 Å². The average Bonchev–Trinajstić information content (AvgIpc) is 3.20. The molecule has 0 radical (unpaired) electrons. The summed E-state index contributed by atoms with van der Waals surface area (Å²) in [5, 5.41) is 5.35. The van der Waals surface area contributed by atoms with Crippen LogP contribution in [0.5, 0.6) is 0 Å². The number of hydrogen-bond donors (Lipinski definition) is 1. The molecule has 0 unspecified atom stereocenters. The van der Waals surface area contributed by atoms with Crippen molar-refractivity contribution in [1.82, 2.24) is 19.8 Å². The summed E-state index contributed by atoms with van der Waals surface area (Å²) in [5.41, 5.74) is 1.17. The Bertz CT molecular complexity index is 1130. The summed E-state index contributed by atoms with van der Waals surface area (Å²) in [6, 6.07) is 6.02. The van der Waals surface area contributed by atoms with Gasteiger partial charge >= 0.3 is 0 Å². The first-order chi connectivity index (χ1) is 14.9. The third-order valence-corrected chi connectivity index (χ3v) is 7.26. The normalized spacial score (nSPS) is 16.0. The van der Waals surface area contributed by atoms with Crippen molar-refractivity contribution in [3.63, 3.8) is 0 Å². The molecule has 1 aromatic carbocycles. The third-order valence-electron chi connectivity index (χ3n) is 6.38. The van der Waals surface area contributed by atoms with Crippen molar-refractivity contribution in [1.29, 1.82) is 0 Å². The van der Waals surface area contributed by atoms with Crippen molar-refractivity contribution >= 4 is 27.5 Å². The fourth-order valence-electron chi connectivity index (χ4n) is 4.39. The van der Waals surface area contributed by atoms with Crippen LogP contribution >= 0.6 is 11.3 Å². The van der Waals surface area contributed by atoms with Gasteiger partial charge in [0.1, 0.15) is 17.2 Å². The number of amides is 1. The molecule has 1 fully saturated rings. The van der Waals surface area contributed by atoms with Crippen LogP contribution in [-0.4, -0.2) is 46.5 Å². The number of carbonyl (C=O) groups is 1. The number of nitrogens with one attached hydrogen (secondary N) is 1. The molecule has 6 nitrogen and oxygen atoms in total. The van der Waals surface area contributed by atoms with E-state index >= 15 is 0 Å². The highest BCUT2D eigenvalue weighted by molar-refractivity contribution is 7.17. The molecule has 0 spiro atoms. The molecule has 31 heavy (non-hydrogen) atoms. The Balaban J connectivity index is 1.54. The van der Waals surface area contributed by atoms with Crippen LogP contribution in [0.3, 0.4) is 0 Å². The average molecular weight is 443 g/mol. The predicted octanol–water partition coefficient (Wildman–Crippen LogP) is 3.64. The Hall–Kier alpha value is -2.58. The lowest BCUT2D eigenvalue weighted by atomic mass is 9.80. The number of fused-ring (bicyclic) bond motifs is 1. The predicted molar refractivity (Wildman–Crippen MR) is 122 cm³/mol. The fraction of sp³-hybridized carbons (Fsp3) is 0.435. The van der Waals surface area contributed by atoms with Crippen LogP contribution in [0.25, 0.3) is 21.3 Å². The topological polar surface area (TPSA) is 67.2 Å². The first kappa shape index (κ1) is 21.6. The highest BCUT2D eigenvalue weighted by atomic mass is 32.1. The van der Waals surface area contributed by atoms with Crippen LogP contribution < -0.4 is 10.9 Å². The molecule has 0 aliphatic heterocycles. The molecule has 1 N–H and O–H groups in total. The van der Waals surface area contributed by atoms with Gasteiger partial charge in [-0.25, -0.2) is 9.37 Å². The second kappa shape index (κ2) is 8.88. The monoisotopic (exact) mass is 442 g/mol. The number of carbonyl (C=O) groups excluding carboxylic acids is 1. The second-order valence-electron chi connectivity index (χ2n) is 8.47. The molecule has 1 amide bonds. The van der Waals surface area contributed by atoms with Crippen LogP contribution in [0.1, 0.15) is 32.1 Å². The molecule has 0 saturated heterocycles. The van der Waals surface area contributed by atoms with Gasteiger partial charge in [0.05, 0.1) is 11.7 Å². The van der Waals surface area contributed by atoms with Gasteiger partial charge in [0.15, 0.2) is 0 Å². The van der Waals surface area contributed by atoms with Gasteiger partial charge in [-0.05, 0) is 44.6 Å². The van der Waals surface area contributed by atoms with E-state index in [1.165, 1.54) is 53.6 Å². The summed E-state index contributed by atoms with van der Waals surface area (Å²) in [6.07, 6.45) is 7.11. The van der Waals surface area contributed by atoms with Crippen LogP contribution in [0.2, 0.25) is 0 Å². The van der Waals surface area contributed by atoms with Crippen LogP contribution in [0.15, 0.2) is 40.8 Å². The SMILES string of the molecule is CN(C)C1(CNC(=O)Cn2cnc3scc(-c4ccc(F)cc4)c3c2=O)CCCCC1. The van der Waals surface area contributed by atoms with Crippen LogP contribution in [0, 0.1) is 5.82 Å². The molecule has 1 saturated carbocycles. The van der Waals surface area contributed by atoms with Crippen molar-refractivity contribution in [2.45, 2.75) is 44.2 Å². The van der Waals surface area contributed by atoms with Crippen molar-refractivity contribution < 1.29 is 9.18 Å². The van der Waals surface area contributed by atoms with Gasteiger partial charge in [0, 0.05) is 23.0 Å². The molecule has 0 atom stereocenters. The largest absolute Gasteiger partial charge is 0.353 e. The fourth-order valence-corrected chi connectivity index (χ4v) is 5.29. The minimum absolute atomic E-state index is 0.0236. The maximum atomic E-state index is 13.3. The molecule has 4 rings (SSSR count). The Morgan fingerprint density at radius 2 is 1.94 bits per heavy atom. The highest BCUT2D eigenvalue weighted by Crippen LogP contribution is 2.32. The first-order valence-electron chi connectivity index (χ1n) is 10.6. The molecule has 1 aliphatic rings. The van der Waals surface area contributed by atoms with Gasteiger partial charge in [0.2, 0.25) is 5.91 Å². The lowest BCUT2D eigenvalue weighted by Crippen LogP contribution is -2.54. The van der Waals surface area contributed by atoms with Gasteiger partial charge in [-0.3, -0.25) is 14.2 Å². The van der Waals surface area contributed by atoms with Crippen LogP contribution in [-0.2, 0) is 11.3 Å². The number of halogens is 1. The summed E-state index contributed by atoms with van der Waals surface area (Å²) in [5.74, 6) is -0.530. The van der Waals surface area contributed by atoms with Crippen molar-refractivity contribution in [3.8, 4) is 11.1 Å². The quantitative estimate of drug-likeness (QED) is 0.633. The molecule has 1 aliphatic carbocycles. The second-order valence-corrected chi connectivity index (χ2v) is 9.33. The lowest BCUT2D eigenvalue weighted by molar-refractivity contribution is -0.122. The van der Waals surface area contributed by atoms with Crippen molar-refractivity contribution in [2.75, 3.05) is 20.6 Å². The number of hydrogen-bond acceptors (Lipinski definition) is 5. The number of thiophene rings is 1. The van der Waals surface area contributed by atoms with E-state index in [2.05, 4.69) is 29.3 Å². The van der Waals surface area contributed by atoms with E-state index in [1.807, 2.05) is 5.38 Å². The first-order valence-corrected chi connectivity index (χ1v) is 11.4. The Morgan fingerprint density at radius 1 is 1.23 bits per heavy atom. The molecule has 164 valence electrons. The summed E-state index contributed by atoms with van der Waals surface area (Å²) < 4.78 is 14.6. The van der Waals surface area contributed by atoms with E-state index in [-0.39, 0.29) is 29.4 Å². The van der Waals surface area contributed by atoms with Gasteiger partial charge in [-0.1, -0.05) is 31.4 Å². The van der Waals surface area contributed by atoms with E-state index in [9.17, 15) is 14.0 Å². The smallest absolute Gasteiger partial charge is 0.263 e. The van der Waals surface area contributed by atoms with E-state index in [0.717, 1.165) is 18.4 Å². The number of aromatic nitrogens is 2. The Kier molecular flexibility index (Phi) is 6.20. The number of likely N-dealkylation sites (N-methyl/N-ethyl adjacent to an activating group) is 1. The maximum absolute atomic E-state index is 13.3. The molecule has 2 aromatic heterocycles. The Labute approximate surface area is 184 Å². The van der Waals surface area contributed by atoms with E-state index in [1.54, 1.807) is 12.1 Å². The Morgan fingerprint density at radius 3 is 2.61 bits per heavy atom. The zero-order valence-electron chi connectivity index (χ0n) is 17.9. The van der Waals surface area contributed by atoms with Crippen molar-refractivity contribution in [2.24, 2.45) is 0 Å². The standard InChI is InChI=1S/C23H27FN4O2S/c1-27(2)23(10-4-3-5-11-23)14-25-19(29)12-28-15-26-21-20(22(28)30)18(13-31-21)16-6-8-17(24)9-7-16/h6-9,13,15H,3-5,10-12,14H2,1-2H3,(H,25,29). The number of nitrogens with zero attached hydrogens (tertiary/aromatic N) is 3. The number of rotatable bonds is 6. The summed E-state index contributed by atoms with van der Waals surface area (Å²) >= 11 is 1.36. The van der Waals surface area contributed by atoms with Gasteiger partial charge in [-0.2, -0.15) is 0 Å². The summed E-state index contributed by atoms with van der Waals surface area (Å²) in [7, 11) is 4.13. The van der Waals surface area contributed by atoms with E-state index < -0.39 is 0 Å². The molecular formula is C23H27FN4O2S.